The molecule has 0 radical (unpaired) electrons. The highest BCUT2D eigenvalue weighted by Crippen LogP contribution is 2.38. The van der Waals surface area contributed by atoms with Crippen molar-refractivity contribution in [2.45, 2.75) is 232 Å². The molecule has 0 spiro atoms. The van der Waals surface area contributed by atoms with Crippen molar-refractivity contribution < 1.29 is 42.1 Å². The van der Waals surface area contributed by atoms with Crippen LogP contribution in [0.4, 0.5) is 0 Å². The number of allylic oxidation sites excluding steroid dienone is 2. The first-order chi connectivity index (χ1) is 27.5. The Morgan fingerprint density at radius 3 is 1.32 bits per heavy atom. The van der Waals surface area contributed by atoms with E-state index in [0.29, 0.717) is 23.9 Å². The maximum atomic E-state index is 12.7. The molecule has 0 saturated carbocycles. The van der Waals surface area contributed by atoms with Crippen LogP contribution in [0.3, 0.4) is 0 Å². The molecule has 0 fully saturated rings. The predicted molar refractivity (Wildman–Crippen MR) is 236 cm³/mol. The summed E-state index contributed by atoms with van der Waals surface area (Å²) in [6, 6.07) is 0. The van der Waals surface area contributed by atoms with E-state index in [-0.39, 0.29) is 26.1 Å². The number of nitrogens with zero attached hydrogens (tertiary/aromatic N) is 1. The van der Waals surface area contributed by atoms with E-state index in [9.17, 15) is 19.0 Å². The van der Waals surface area contributed by atoms with Crippen molar-refractivity contribution in [3.63, 3.8) is 0 Å². The van der Waals surface area contributed by atoms with Crippen LogP contribution >= 0.6 is 7.82 Å². The summed E-state index contributed by atoms with van der Waals surface area (Å²) < 4.78 is 33.9. The van der Waals surface area contributed by atoms with Gasteiger partial charge < -0.3 is 27.9 Å². The second kappa shape index (κ2) is 40.2. The van der Waals surface area contributed by atoms with Gasteiger partial charge in [-0.15, -0.1) is 0 Å². The Hall–Kier alpha value is -1.25. The van der Waals surface area contributed by atoms with Crippen molar-refractivity contribution >= 4 is 19.8 Å². The molecule has 1 unspecified atom stereocenters. The number of hydrogen-bond donors (Lipinski definition) is 0. The summed E-state index contributed by atoms with van der Waals surface area (Å²) in [6.07, 6.45) is 42.4. The van der Waals surface area contributed by atoms with Crippen LogP contribution in [0, 0.1) is 0 Å². The fourth-order valence-electron chi connectivity index (χ4n) is 6.77. The number of esters is 2. The zero-order chi connectivity index (χ0) is 42.1. The minimum absolute atomic E-state index is 0.0297. The van der Waals surface area contributed by atoms with E-state index in [1.165, 1.54) is 148 Å². The fourth-order valence-corrected chi connectivity index (χ4v) is 7.50. The average Bonchev–Trinajstić information content (AvgIpc) is 3.16. The number of phosphoric acid groups is 1. The van der Waals surface area contributed by atoms with Crippen LogP contribution in [-0.2, 0) is 32.7 Å². The topological polar surface area (TPSA) is 111 Å². The van der Waals surface area contributed by atoms with Gasteiger partial charge >= 0.3 is 11.9 Å². The Morgan fingerprint density at radius 2 is 0.895 bits per heavy atom. The molecule has 0 aliphatic heterocycles. The molecule has 0 bridgehead atoms. The molecule has 0 aromatic rings. The Bertz CT molecular complexity index is 985. The Labute approximate surface area is 352 Å². The van der Waals surface area contributed by atoms with Crippen molar-refractivity contribution in [1.29, 1.82) is 0 Å². The third-order valence-corrected chi connectivity index (χ3v) is 11.5. The first-order valence-corrected chi connectivity index (χ1v) is 25.4. The van der Waals surface area contributed by atoms with Gasteiger partial charge in [-0.05, 0) is 38.5 Å². The fraction of sp³-hybridized carbons (Fsp3) is 0.915. The summed E-state index contributed by atoms with van der Waals surface area (Å²) in [5, 5.41) is 0. The van der Waals surface area contributed by atoms with Crippen molar-refractivity contribution in [3.05, 3.63) is 12.2 Å². The van der Waals surface area contributed by atoms with Crippen LogP contribution in [0.1, 0.15) is 226 Å². The summed E-state index contributed by atoms with van der Waals surface area (Å²) in [5.74, 6) is -0.841. The summed E-state index contributed by atoms with van der Waals surface area (Å²) in [5.41, 5.74) is 0. The standard InChI is InChI=1S/C47H92NO8P/c1-6-8-10-12-14-16-18-20-21-22-23-24-25-26-28-30-32-34-36-38-40-47(50)56-45(44-55-57(51,52)54-42-41-48(3,4)5)43-53-46(49)39-37-35-33-31-29-27-19-17-15-13-11-9-7-2/h27,29,45H,6-26,28,30-44H2,1-5H3/b29-27+/t45-/m1/s1. The number of carbonyl (C=O) groups is 2. The normalized spacial score (nSPS) is 13.6. The van der Waals surface area contributed by atoms with Crippen LogP contribution in [-0.4, -0.2) is 70.0 Å². The summed E-state index contributed by atoms with van der Waals surface area (Å²) in [4.78, 5) is 37.6. The first kappa shape index (κ1) is 55.8. The van der Waals surface area contributed by atoms with Crippen LogP contribution < -0.4 is 4.89 Å². The number of phosphoric ester groups is 1. The average molecular weight is 830 g/mol. The molecule has 0 aliphatic rings. The van der Waals surface area contributed by atoms with Gasteiger partial charge in [-0.2, -0.15) is 0 Å². The maximum absolute atomic E-state index is 12.7. The highest BCUT2D eigenvalue weighted by molar-refractivity contribution is 7.45. The number of ether oxygens (including phenoxy) is 2. The number of rotatable bonds is 44. The van der Waals surface area contributed by atoms with Gasteiger partial charge in [0.25, 0.3) is 7.82 Å². The summed E-state index contributed by atoms with van der Waals surface area (Å²) >= 11 is 0. The Morgan fingerprint density at radius 1 is 0.526 bits per heavy atom. The van der Waals surface area contributed by atoms with Crippen LogP contribution in [0.5, 0.6) is 0 Å². The number of unbranched alkanes of at least 4 members (excludes halogenated alkanes) is 28. The highest BCUT2D eigenvalue weighted by atomic mass is 31.2. The lowest BCUT2D eigenvalue weighted by Crippen LogP contribution is -2.37. The van der Waals surface area contributed by atoms with Crippen molar-refractivity contribution in [2.75, 3.05) is 47.5 Å². The quantitative estimate of drug-likeness (QED) is 0.0196. The molecule has 10 heteroatoms. The molecule has 57 heavy (non-hydrogen) atoms. The van der Waals surface area contributed by atoms with Gasteiger partial charge in [0.2, 0.25) is 0 Å². The summed E-state index contributed by atoms with van der Waals surface area (Å²) in [7, 11) is 1.17. The third kappa shape index (κ3) is 44.1. The highest BCUT2D eigenvalue weighted by Gasteiger charge is 2.21. The van der Waals surface area contributed by atoms with Crippen molar-refractivity contribution in [3.8, 4) is 0 Å². The molecule has 0 amide bonds. The molecule has 0 aliphatic carbocycles. The van der Waals surface area contributed by atoms with Gasteiger partial charge in [-0.3, -0.25) is 14.2 Å². The molecular formula is C47H92NO8P. The summed E-state index contributed by atoms with van der Waals surface area (Å²) in [6.45, 7) is 4.24. The van der Waals surface area contributed by atoms with E-state index in [2.05, 4.69) is 26.0 Å². The molecular weight excluding hydrogens is 737 g/mol. The maximum Gasteiger partial charge on any atom is 0.306 e. The molecule has 0 aromatic carbocycles. The van der Waals surface area contributed by atoms with E-state index in [1.54, 1.807) is 0 Å². The second-order valence-electron chi connectivity index (χ2n) is 17.5. The van der Waals surface area contributed by atoms with Crippen molar-refractivity contribution in [2.24, 2.45) is 0 Å². The molecule has 0 heterocycles. The zero-order valence-electron chi connectivity index (χ0n) is 38.1. The van der Waals surface area contributed by atoms with Crippen LogP contribution in [0.15, 0.2) is 12.2 Å². The molecule has 2 atom stereocenters. The molecule has 9 nitrogen and oxygen atoms in total. The molecule has 338 valence electrons. The monoisotopic (exact) mass is 830 g/mol. The number of carbonyl (C=O) groups excluding carboxylic acids is 2. The van der Waals surface area contributed by atoms with Gasteiger partial charge in [0, 0.05) is 12.8 Å². The van der Waals surface area contributed by atoms with E-state index in [0.717, 1.165) is 38.5 Å². The van der Waals surface area contributed by atoms with Crippen LogP contribution in [0.2, 0.25) is 0 Å². The van der Waals surface area contributed by atoms with E-state index in [1.807, 2.05) is 21.1 Å². The lowest BCUT2D eigenvalue weighted by Gasteiger charge is -2.28. The second-order valence-corrected chi connectivity index (χ2v) is 18.9. The third-order valence-electron chi connectivity index (χ3n) is 10.5. The number of likely N-dealkylation sites (N-methyl/N-ethyl adjacent to an activating group) is 1. The first-order valence-electron chi connectivity index (χ1n) is 23.9. The zero-order valence-corrected chi connectivity index (χ0v) is 38.9. The minimum atomic E-state index is -4.62. The largest absolute Gasteiger partial charge is 0.756 e. The van der Waals surface area contributed by atoms with Gasteiger partial charge in [0.1, 0.15) is 19.8 Å². The SMILES string of the molecule is CCCCCCCC/C=C/CCCCCC(=O)OC[C@H](COP(=O)([O-])OCC[N+](C)(C)C)OC(=O)CCCCCCCCCCCCCCCCCCCCCC. The molecule has 0 rings (SSSR count). The number of hydrogen-bond acceptors (Lipinski definition) is 8. The van der Waals surface area contributed by atoms with Gasteiger partial charge in [0.05, 0.1) is 27.7 Å². The molecule has 0 saturated heterocycles. The number of quaternary nitrogens is 1. The van der Waals surface area contributed by atoms with Gasteiger partial charge in [-0.1, -0.05) is 187 Å². The molecule has 0 aromatic heterocycles. The molecule has 0 N–H and O–H groups in total. The lowest BCUT2D eigenvalue weighted by molar-refractivity contribution is -0.870. The van der Waals surface area contributed by atoms with E-state index in [4.69, 9.17) is 18.5 Å². The minimum Gasteiger partial charge on any atom is -0.756 e. The van der Waals surface area contributed by atoms with Gasteiger partial charge in [-0.25, -0.2) is 0 Å². The lowest BCUT2D eigenvalue weighted by atomic mass is 10.0. The van der Waals surface area contributed by atoms with Crippen molar-refractivity contribution in [1.82, 2.24) is 0 Å². The Balaban J connectivity index is 4.25. The van der Waals surface area contributed by atoms with Gasteiger partial charge in [0.15, 0.2) is 6.10 Å². The predicted octanol–water partition coefficient (Wildman–Crippen LogP) is 13.1. The van der Waals surface area contributed by atoms with E-state index >= 15 is 0 Å². The van der Waals surface area contributed by atoms with Crippen LogP contribution in [0.25, 0.3) is 0 Å². The Kier molecular flexibility index (Phi) is 39.3. The smallest absolute Gasteiger partial charge is 0.306 e. The van der Waals surface area contributed by atoms with E-state index < -0.39 is 32.5 Å².